The molecule has 6 nitrogen and oxygen atoms in total. The smallest absolute Gasteiger partial charge is 0.238 e. The number of sulfonamides is 1. The maximum Gasteiger partial charge on any atom is 0.238 e. The number of anilines is 1. The Morgan fingerprint density at radius 2 is 1.79 bits per heavy atom. The first-order valence-electron chi connectivity index (χ1n) is 9.59. The third kappa shape index (κ3) is 6.15. The van der Waals surface area contributed by atoms with Gasteiger partial charge in [0.05, 0.1) is 11.4 Å². The Balaban J connectivity index is 1.42. The first-order chi connectivity index (χ1) is 13.4. The van der Waals surface area contributed by atoms with Gasteiger partial charge >= 0.3 is 0 Å². The second kappa shape index (κ2) is 9.32. The second-order valence-corrected chi connectivity index (χ2v) is 8.93. The average molecular weight is 402 g/mol. The first kappa shape index (κ1) is 20.5. The lowest BCUT2D eigenvalue weighted by atomic mass is 9.90. The number of amides is 1. The number of nitrogens with one attached hydrogen (secondary N) is 1. The molecule has 7 heteroatoms. The molecule has 3 N–H and O–H groups in total. The lowest BCUT2D eigenvalue weighted by Crippen LogP contribution is -2.39. The zero-order chi connectivity index (χ0) is 20.0. The monoisotopic (exact) mass is 401 g/mol. The highest BCUT2D eigenvalue weighted by Crippen LogP contribution is 2.22. The van der Waals surface area contributed by atoms with Crippen LogP contribution in [0.3, 0.4) is 0 Å². The average Bonchev–Trinajstić information content (AvgIpc) is 2.68. The summed E-state index contributed by atoms with van der Waals surface area (Å²) in [6.45, 7) is 2.12. The molecule has 0 radical (unpaired) electrons. The van der Waals surface area contributed by atoms with Crippen LogP contribution in [0, 0.1) is 5.92 Å². The van der Waals surface area contributed by atoms with Crippen LogP contribution in [-0.4, -0.2) is 38.9 Å². The summed E-state index contributed by atoms with van der Waals surface area (Å²) >= 11 is 0. The van der Waals surface area contributed by atoms with Crippen LogP contribution in [0.25, 0.3) is 0 Å². The van der Waals surface area contributed by atoms with Crippen molar-refractivity contribution in [3.8, 4) is 0 Å². The summed E-state index contributed by atoms with van der Waals surface area (Å²) in [6, 6.07) is 16.5. The van der Waals surface area contributed by atoms with Crippen LogP contribution in [0.2, 0.25) is 0 Å². The Hall–Kier alpha value is -2.22. The number of carbonyl (C=O) groups is 1. The summed E-state index contributed by atoms with van der Waals surface area (Å²) in [5.74, 6) is 0.556. The van der Waals surface area contributed by atoms with E-state index in [0.717, 1.165) is 32.4 Å². The SMILES string of the molecule is NS(=O)(=O)c1cccc(NC(=O)CN2CCC(CCc3ccccc3)CC2)c1. The Morgan fingerprint density at radius 1 is 1.07 bits per heavy atom. The molecule has 1 heterocycles. The Kier molecular flexibility index (Phi) is 6.83. The molecule has 0 unspecified atom stereocenters. The number of rotatable bonds is 7. The van der Waals surface area contributed by atoms with Crippen molar-refractivity contribution in [1.82, 2.24) is 4.90 Å². The Labute approximate surface area is 166 Å². The van der Waals surface area contributed by atoms with E-state index < -0.39 is 10.0 Å². The molecule has 1 saturated heterocycles. The molecule has 2 aromatic carbocycles. The predicted molar refractivity (Wildman–Crippen MR) is 110 cm³/mol. The summed E-state index contributed by atoms with van der Waals surface area (Å²) in [5.41, 5.74) is 1.82. The van der Waals surface area contributed by atoms with E-state index in [1.165, 1.54) is 24.1 Å². The van der Waals surface area contributed by atoms with Crippen LogP contribution in [0.1, 0.15) is 24.8 Å². The van der Waals surface area contributed by atoms with Crippen molar-refractivity contribution in [2.45, 2.75) is 30.6 Å². The molecule has 150 valence electrons. The molecule has 1 aliphatic heterocycles. The largest absolute Gasteiger partial charge is 0.325 e. The number of benzene rings is 2. The number of aryl methyl sites for hydroxylation is 1. The molecule has 0 bridgehead atoms. The zero-order valence-electron chi connectivity index (χ0n) is 15.9. The van der Waals surface area contributed by atoms with E-state index in [1.54, 1.807) is 12.1 Å². The summed E-state index contributed by atoms with van der Waals surface area (Å²) in [4.78, 5) is 14.4. The van der Waals surface area contributed by atoms with Gasteiger partial charge in [-0.1, -0.05) is 36.4 Å². The quantitative estimate of drug-likeness (QED) is 0.746. The number of nitrogens with zero attached hydrogens (tertiary/aromatic N) is 1. The molecule has 0 atom stereocenters. The number of hydrogen-bond donors (Lipinski definition) is 2. The molecule has 0 spiro atoms. The maximum atomic E-state index is 12.3. The molecule has 0 aliphatic carbocycles. The molecule has 1 amide bonds. The van der Waals surface area contributed by atoms with Gasteiger partial charge in [-0.15, -0.1) is 0 Å². The molecule has 2 aromatic rings. The highest BCUT2D eigenvalue weighted by atomic mass is 32.2. The lowest BCUT2D eigenvalue weighted by Gasteiger charge is -2.31. The van der Waals surface area contributed by atoms with Gasteiger partial charge in [-0.25, -0.2) is 13.6 Å². The van der Waals surface area contributed by atoms with Crippen LogP contribution < -0.4 is 10.5 Å². The van der Waals surface area contributed by atoms with Gasteiger partial charge < -0.3 is 5.32 Å². The number of carbonyl (C=O) groups excluding carboxylic acids is 1. The van der Waals surface area contributed by atoms with E-state index in [2.05, 4.69) is 34.5 Å². The van der Waals surface area contributed by atoms with Gasteiger partial charge in [0.25, 0.3) is 0 Å². The van der Waals surface area contributed by atoms with E-state index >= 15 is 0 Å². The predicted octanol–water partition coefficient (Wildman–Crippen LogP) is 2.62. The van der Waals surface area contributed by atoms with Crippen LogP contribution in [0.15, 0.2) is 59.5 Å². The number of primary sulfonamides is 1. The molecular formula is C21H27N3O3S. The number of nitrogens with two attached hydrogens (primary N) is 1. The van der Waals surface area contributed by atoms with Gasteiger partial charge in [-0.05, 0) is 68.5 Å². The van der Waals surface area contributed by atoms with Crippen LogP contribution >= 0.6 is 0 Å². The number of hydrogen-bond acceptors (Lipinski definition) is 4. The normalized spacial score (nSPS) is 16.0. The molecule has 28 heavy (non-hydrogen) atoms. The molecule has 1 aliphatic rings. The summed E-state index contributed by atoms with van der Waals surface area (Å²) in [7, 11) is -3.78. The van der Waals surface area contributed by atoms with Gasteiger partial charge in [-0.3, -0.25) is 9.69 Å². The van der Waals surface area contributed by atoms with Crippen LogP contribution in [0.4, 0.5) is 5.69 Å². The van der Waals surface area contributed by atoms with E-state index in [4.69, 9.17) is 5.14 Å². The summed E-state index contributed by atoms with van der Waals surface area (Å²) in [5, 5.41) is 7.89. The molecule has 3 rings (SSSR count). The fourth-order valence-corrected chi connectivity index (χ4v) is 4.16. The van der Waals surface area contributed by atoms with Crippen molar-refractivity contribution in [2.75, 3.05) is 25.0 Å². The Bertz CT molecular complexity index is 892. The minimum atomic E-state index is -3.78. The fraction of sp³-hybridized carbons (Fsp3) is 0.381. The van der Waals surface area contributed by atoms with Gasteiger partial charge in [0.1, 0.15) is 0 Å². The molecular weight excluding hydrogens is 374 g/mol. The first-order valence-corrected chi connectivity index (χ1v) is 11.1. The van der Waals surface area contributed by atoms with Gasteiger partial charge in [-0.2, -0.15) is 0 Å². The van der Waals surface area contributed by atoms with Crippen LogP contribution in [-0.2, 0) is 21.2 Å². The van der Waals surface area contributed by atoms with Crippen molar-refractivity contribution in [1.29, 1.82) is 0 Å². The summed E-state index contributed by atoms with van der Waals surface area (Å²) < 4.78 is 22.8. The Morgan fingerprint density at radius 3 is 2.46 bits per heavy atom. The van der Waals surface area contributed by atoms with E-state index in [1.807, 2.05) is 6.07 Å². The minimum absolute atomic E-state index is 0.00969. The zero-order valence-corrected chi connectivity index (χ0v) is 16.7. The van der Waals surface area contributed by atoms with Crippen LogP contribution in [0.5, 0.6) is 0 Å². The topological polar surface area (TPSA) is 92.5 Å². The molecule has 0 aromatic heterocycles. The number of piperidine rings is 1. The maximum absolute atomic E-state index is 12.3. The minimum Gasteiger partial charge on any atom is -0.325 e. The third-order valence-electron chi connectivity index (χ3n) is 5.20. The summed E-state index contributed by atoms with van der Waals surface area (Å²) in [6.07, 6.45) is 4.48. The van der Waals surface area contributed by atoms with Crippen molar-refractivity contribution < 1.29 is 13.2 Å². The van der Waals surface area contributed by atoms with Crippen molar-refractivity contribution in [3.63, 3.8) is 0 Å². The lowest BCUT2D eigenvalue weighted by molar-refractivity contribution is -0.117. The third-order valence-corrected chi connectivity index (χ3v) is 6.12. The van der Waals surface area contributed by atoms with Crippen molar-refractivity contribution in [3.05, 3.63) is 60.2 Å². The van der Waals surface area contributed by atoms with E-state index in [0.29, 0.717) is 18.2 Å². The van der Waals surface area contributed by atoms with Gasteiger partial charge in [0, 0.05) is 5.69 Å². The molecule has 0 saturated carbocycles. The highest BCUT2D eigenvalue weighted by Gasteiger charge is 2.21. The van der Waals surface area contributed by atoms with Crippen molar-refractivity contribution in [2.24, 2.45) is 11.1 Å². The highest BCUT2D eigenvalue weighted by molar-refractivity contribution is 7.89. The second-order valence-electron chi connectivity index (χ2n) is 7.36. The standard InChI is InChI=1S/C21H27N3O3S/c22-28(26,27)20-8-4-7-19(15-20)23-21(25)16-24-13-11-18(12-14-24)10-9-17-5-2-1-3-6-17/h1-8,15,18H,9-14,16H2,(H,23,25)(H2,22,26,27). The number of likely N-dealkylation sites (tertiary alicyclic amines) is 1. The van der Waals surface area contributed by atoms with E-state index in [-0.39, 0.29) is 10.8 Å². The van der Waals surface area contributed by atoms with Gasteiger partial charge in [0.2, 0.25) is 15.9 Å². The van der Waals surface area contributed by atoms with Gasteiger partial charge in [0.15, 0.2) is 0 Å². The molecule has 1 fully saturated rings. The van der Waals surface area contributed by atoms with Crippen molar-refractivity contribution >= 4 is 21.6 Å². The van der Waals surface area contributed by atoms with E-state index in [9.17, 15) is 13.2 Å². The fourth-order valence-electron chi connectivity index (χ4n) is 3.60.